The minimum Gasteiger partial charge on any atom is -0.493 e. The zero-order valence-electron chi connectivity index (χ0n) is 20.7. The number of amides is 2. The Labute approximate surface area is 210 Å². The van der Waals surface area contributed by atoms with Crippen molar-refractivity contribution in [3.63, 3.8) is 0 Å². The van der Waals surface area contributed by atoms with Crippen molar-refractivity contribution in [1.82, 2.24) is 15.6 Å². The van der Waals surface area contributed by atoms with E-state index >= 15 is 0 Å². The molecule has 2 amide bonds. The smallest absolute Gasteiger partial charge is 0.404 e. The molecule has 0 aliphatic heterocycles. The van der Waals surface area contributed by atoms with Crippen LogP contribution in [0.1, 0.15) is 38.3 Å². The van der Waals surface area contributed by atoms with Gasteiger partial charge in [-0.1, -0.05) is 37.6 Å². The molecule has 0 fully saturated rings. The molecule has 0 spiro atoms. The van der Waals surface area contributed by atoms with E-state index in [9.17, 15) is 9.59 Å². The average Bonchev–Trinajstić information content (AvgIpc) is 2.78. The molecule has 1 heterocycles. The molecule has 0 bridgehead atoms. The summed E-state index contributed by atoms with van der Waals surface area (Å²) in [6.07, 6.45) is 1.59. The number of guanidine groups is 1. The SMILES string of the molecule is COc1ccc(CC(=O)N=C(N)N[C@H](C)CC(C)C)cc1OC.O=C(O)NCc1ccc(Cl)nc1. The molecule has 1 aromatic heterocycles. The summed E-state index contributed by atoms with van der Waals surface area (Å²) in [7, 11) is 3.12. The maximum Gasteiger partial charge on any atom is 0.404 e. The molecule has 0 saturated carbocycles. The van der Waals surface area contributed by atoms with Crippen LogP contribution in [-0.2, 0) is 17.8 Å². The summed E-state index contributed by atoms with van der Waals surface area (Å²) in [4.78, 5) is 29.8. The van der Waals surface area contributed by atoms with Gasteiger partial charge in [-0.2, -0.15) is 4.99 Å². The highest BCUT2D eigenvalue weighted by atomic mass is 35.5. The van der Waals surface area contributed by atoms with Gasteiger partial charge in [-0.3, -0.25) is 4.79 Å². The van der Waals surface area contributed by atoms with Crippen molar-refractivity contribution in [2.75, 3.05) is 14.2 Å². The van der Waals surface area contributed by atoms with Gasteiger partial charge < -0.3 is 30.9 Å². The Balaban J connectivity index is 0.000000427. The number of ether oxygens (including phenoxy) is 2. The van der Waals surface area contributed by atoms with E-state index < -0.39 is 6.09 Å². The number of hydrogen-bond donors (Lipinski definition) is 4. The van der Waals surface area contributed by atoms with Gasteiger partial charge in [0.2, 0.25) is 0 Å². The molecule has 192 valence electrons. The summed E-state index contributed by atoms with van der Waals surface area (Å²) >= 11 is 5.53. The quantitative estimate of drug-likeness (QED) is 0.228. The number of methoxy groups -OCH3 is 2. The van der Waals surface area contributed by atoms with Gasteiger partial charge in [0.1, 0.15) is 5.15 Å². The first-order chi connectivity index (χ1) is 16.5. The standard InChI is InChI=1S/C17H27N3O3.C7H7ClN2O2/c1-11(2)8-12(3)19-17(18)20-16(21)10-13-6-7-14(22-4)15(9-13)23-5;8-6-2-1-5(3-9-6)4-10-7(11)12/h6-7,9,11-12H,8,10H2,1-5H3,(H3,18,19,20,21);1-3,10H,4H2,(H,11,12)/t12-;/m1./s1. The van der Waals surface area contributed by atoms with Crippen LogP contribution in [0.3, 0.4) is 0 Å². The summed E-state index contributed by atoms with van der Waals surface area (Å²) in [5, 5.41) is 13.9. The Morgan fingerprint density at radius 1 is 1.11 bits per heavy atom. The lowest BCUT2D eigenvalue weighted by Crippen LogP contribution is -2.39. The van der Waals surface area contributed by atoms with E-state index in [0.717, 1.165) is 17.5 Å². The zero-order chi connectivity index (χ0) is 26.4. The maximum absolute atomic E-state index is 12.0. The largest absolute Gasteiger partial charge is 0.493 e. The fraction of sp³-hybridized carbons (Fsp3) is 0.417. The van der Waals surface area contributed by atoms with Crippen LogP contribution in [0.4, 0.5) is 4.79 Å². The van der Waals surface area contributed by atoms with E-state index in [2.05, 4.69) is 34.5 Å². The number of carbonyl (C=O) groups is 2. The van der Waals surface area contributed by atoms with E-state index in [4.69, 9.17) is 31.9 Å². The fourth-order valence-electron chi connectivity index (χ4n) is 3.08. The lowest BCUT2D eigenvalue weighted by Gasteiger charge is -2.16. The van der Waals surface area contributed by atoms with Gasteiger partial charge in [0.05, 0.1) is 20.6 Å². The Bertz CT molecular complexity index is 983. The number of nitrogens with two attached hydrogens (primary N) is 1. The van der Waals surface area contributed by atoms with Gasteiger partial charge >= 0.3 is 6.09 Å². The van der Waals surface area contributed by atoms with Crippen molar-refractivity contribution in [2.24, 2.45) is 16.6 Å². The number of hydrogen-bond acceptors (Lipinski definition) is 5. The summed E-state index contributed by atoms with van der Waals surface area (Å²) in [5.74, 6) is 1.60. The number of pyridine rings is 1. The van der Waals surface area contributed by atoms with Gasteiger partial charge in [-0.25, -0.2) is 9.78 Å². The monoisotopic (exact) mass is 507 g/mol. The van der Waals surface area contributed by atoms with Crippen LogP contribution in [0.15, 0.2) is 41.5 Å². The first kappa shape index (κ1) is 29.5. The van der Waals surface area contributed by atoms with Crippen LogP contribution < -0.4 is 25.8 Å². The third-order valence-electron chi connectivity index (χ3n) is 4.50. The lowest BCUT2D eigenvalue weighted by atomic mass is 10.1. The number of benzene rings is 1. The van der Waals surface area contributed by atoms with Crippen LogP contribution in [-0.4, -0.2) is 48.3 Å². The summed E-state index contributed by atoms with van der Waals surface area (Å²) in [5.41, 5.74) is 7.35. The topological polar surface area (TPSA) is 148 Å². The average molecular weight is 508 g/mol. The summed E-state index contributed by atoms with van der Waals surface area (Å²) < 4.78 is 10.4. The molecule has 10 nitrogen and oxygen atoms in total. The number of carbonyl (C=O) groups excluding carboxylic acids is 1. The van der Waals surface area contributed by atoms with Gasteiger partial charge in [-0.15, -0.1) is 0 Å². The van der Waals surface area contributed by atoms with E-state index in [1.54, 1.807) is 44.6 Å². The molecule has 2 aromatic rings. The van der Waals surface area contributed by atoms with E-state index in [0.29, 0.717) is 22.6 Å². The first-order valence-corrected chi connectivity index (χ1v) is 11.3. The zero-order valence-corrected chi connectivity index (χ0v) is 21.4. The maximum atomic E-state index is 12.0. The van der Waals surface area contributed by atoms with Crippen molar-refractivity contribution < 1.29 is 24.2 Å². The number of nitrogens with zero attached hydrogens (tertiary/aromatic N) is 2. The Kier molecular flexibility index (Phi) is 13.0. The second-order valence-electron chi connectivity index (χ2n) is 8.08. The lowest BCUT2D eigenvalue weighted by molar-refractivity contribution is -0.117. The summed E-state index contributed by atoms with van der Waals surface area (Å²) in [6.45, 7) is 6.53. The van der Waals surface area contributed by atoms with Gasteiger partial charge in [0.25, 0.3) is 5.91 Å². The van der Waals surface area contributed by atoms with Crippen LogP contribution in [0, 0.1) is 5.92 Å². The Hall–Kier alpha value is -3.53. The number of halogens is 1. The van der Waals surface area contributed by atoms with Crippen molar-refractivity contribution in [3.8, 4) is 11.5 Å². The summed E-state index contributed by atoms with van der Waals surface area (Å²) in [6, 6.07) is 8.83. The molecule has 1 aromatic carbocycles. The van der Waals surface area contributed by atoms with Crippen molar-refractivity contribution in [3.05, 3.63) is 52.8 Å². The highest BCUT2D eigenvalue weighted by Gasteiger charge is 2.10. The molecule has 11 heteroatoms. The van der Waals surface area contributed by atoms with Gasteiger partial charge in [0.15, 0.2) is 17.5 Å². The number of rotatable bonds is 9. The van der Waals surface area contributed by atoms with Crippen molar-refractivity contribution in [2.45, 2.75) is 46.2 Å². The highest BCUT2D eigenvalue weighted by Crippen LogP contribution is 2.27. The molecule has 35 heavy (non-hydrogen) atoms. The molecular weight excluding hydrogens is 474 g/mol. The predicted octanol–water partition coefficient (Wildman–Crippen LogP) is 3.61. The molecule has 5 N–H and O–H groups in total. The van der Waals surface area contributed by atoms with Gasteiger partial charge in [0, 0.05) is 18.8 Å². The fourth-order valence-corrected chi connectivity index (χ4v) is 3.19. The van der Waals surface area contributed by atoms with Gasteiger partial charge in [-0.05, 0) is 48.6 Å². The minimum atomic E-state index is -1.05. The van der Waals surface area contributed by atoms with E-state index in [-0.39, 0.29) is 30.9 Å². The number of aliphatic imine (C=N–C) groups is 1. The van der Waals surface area contributed by atoms with Crippen LogP contribution in [0.25, 0.3) is 0 Å². The molecule has 0 aliphatic carbocycles. The molecule has 0 radical (unpaired) electrons. The first-order valence-electron chi connectivity index (χ1n) is 11.0. The number of nitrogens with one attached hydrogen (secondary N) is 2. The second-order valence-corrected chi connectivity index (χ2v) is 8.47. The molecular formula is C24H34ClN5O5. The normalized spacial score (nSPS) is 11.7. The number of carboxylic acid groups (broad SMARTS) is 1. The Morgan fingerprint density at radius 3 is 2.31 bits per heavy atom. The van der Waals surface area contributed by atoms with E-state index in [1.807, 2.05) is 6.92 Å². The highest BCUT2D eigenvalue weighted by molar-refractivity contribution is 6.29. The van der Waals surface area contributed by atoms with Crippen LogP contribution >= 0.6 is 11.6 Å². The van der Waals surface area contributed by atoms with Crippen LogP contribution in [0.2, 0.25) is 5.15 Å². The predicted molar refractivity (Wildman–Crippen MR) is 136 cm³/mol. The number of aromatic nitrogens is 1. The molecule has 1 atom stereocenters. The molecule has 2 rings (SSSR count). The van der Waals surface area contributed by atoms with E-state index in [1.165, 1.54) is 6.20 Å². The van der Waals surface area contributed by atoms with Crippen molar-refractivity contribution in [1.29, 1.82) is 0 Å². The second kappa shape index (κ2) is 15.4. The Morgan fingerprint density at radius 2 is 1.77 bits per heavy atom. The minimum absolute atomic E-state index is 0.154. The molecule has 0 aliphatic rings. The van der Waals surface area contributed by atoms with Crippen molar-refractivity contribution >= 4 is 29.6 Å². The molecule has 0 saturated heterocycles. The molecule has 0 unspecified atom stereocenters. The van der Waals surface area contributed by atoms with Crippen LogP contribution in [0.5, 0.6) is 11.5 Å². The third kappa shape index (κ3) is 12.5. The third-order valence-corrected chi connectivity index (χ3v) is 4.72.